The molecule has 4 N–H and O–H groups in total. The molecule has 8 nitrogen and oxygen atoms in total. The molecule has 218 valence electrons. The van der Waals surface area contributed by atoms with Gasteiger partial charge in [-0.05, 0) is 34.1 Å². The lowest BCUT2D eigenvalue weighted by Gasteiger charge is -2.32. The van der Waals surface area contributed by atoms with Gasteiger partial charge in [-0.25, -0.2) is 0 Å². The van der Waals surface area contributed by atoms with E-state index in [0.29, 0.717) is 11.3 Å². The van der Waals surface area contributed by atoms with Gasteiger partial charge in [0.25, 0.3) is 0 Å². The number of aliphatic hydroxyl groups is 2. The molecule has 4 unspecified atom stereocenters. The number of rotatable bonds is 4. The fourth-order valence-corrected chi connectivity index (χ4v) is 5.89. The summed E-state index contributed by atoms with van der Waals surface area (Å²) >= 11 is 0. The van der Waals surface area contributed by atoms with Crippen LogP contribution in [0.5, 0.6) is 28.7 Å². The van der Waals surface area contributed by atoms with E-state index in [1.165, 1.54) is 6.07 Å². The molecule has 0 fully saturated rings. The van der Waals surface area contributed by atoms with Crippen LogP contribution in [-0.4, -0.2) is 52.1 Å². The summed E-state index contributed by atoms with van der Waals surface area (Å²) in [5.41, 5.74) is 3.71. The number of hydrogen-bond donors (Lipinski definition) is 4. The van der Waals surface area contributed by atoms with Gasteiger partial charge in [-0.15, -0.1) is 0 Å². The maximum atomic E-state index is 13.0. The van der Waals surface area contributed by atoms with E-state index >= 15 is 0 Å². The molecule has 0 saturated heterocycles. The van der Waals surface area contributed by atoms with Crippen LogP contribution < -0.4 is 14.2 Å². The van der Waals surface area contributed by atoms with Crippen LogP contribution >= 0.6 is 0 Å². The van der Waals surface area contributed by atoms with Gasteiger partial charge in [0, 0.05) is 28.8 Å². The van der Waals surface area contributed by atoms with E-state index < -0.39 is 29.8 Å². The van der Waals surface area contributed by atoms with Crippen molar-refractivity contribution < 1.29 is 39.4 Å². The zero-order valence-electron chi connectivity index (χ0n) is 24.5. The Morgan fingerprint density at radius 1 is 0.854 bits per heavy atom. The van der Waals surface area contributed by atoms with E-state index in [0.717, 1.165) is 34.1 Å². The largest absolute Gasteiger partial charge is 0.508 e. The Balaban J connectivity index is 1.65. The van der Waals surface area contributed by atoms with Gasteiger partial charge in [0.2, 0.25) is 5.78 Å². The summed E-state index contributed by atoms with van der Waals surface area (Å²) in [6, 6.07) is 11.8. The van der Waals surface area contributed by atoms with Gasteiger partial charge in [0.05, 0.1) is 19.6 Å². The first kappa shape index (κ1) is 28.8. The Morgan fingerprint density at radius 2 is 1.49 bits per heavy atom. The molecular weight excluding hydrogens is 524 g/mol. The summed E-state index contributed by atoms with van der Waals surface area (Å²) < 4.78 is 18.1. The van der Waals surface area contributed by atoms with E-state index in [2.05, 4.69) is 53.7 Å². The first-order chi connectivity index (χ1) is 19.1. The van der Waals surface area contributed by atoms with Crippen LogP contribution in [0.15, 0.2) is 42.5 Å². The lowest BCUT2D eigenvalue weighted by molar-refractivity contribution is 0.0210. The van der Waals surface area contributed by atoms with Gasteiger partial charge in [0.15, 0.2) is 12.2 Å². The molecule has 0 radical (unpaired) electrons. The van der Waals surface area contributed by atoms with E-state index in [1.54, 1.807) is 19.2 Å². The van der Waals surface area contributed by atoms with Crippen molar-refractivity contribution >= 4 is 5.78 Å². The molecule has 3 aromatic carbocycles. The third-order valence-corrected chi connectivity index (χ3v) is 7.94. The fourth-order valence-electron chi connectivity index (χ4n) is 5.89. The Hall–Kier alpha value is -3.75. The van der Waals surface area contributed by atoms with Crippen molar-refractivity contribution in [1.29, 1.82) is 0 Å². The molecule has 0 saturated carbocycles. The van der Waals surface area contributed by atoms with Gasteiger partial charge in [-0.2, -0.15) is 0 Å². The molecule has 0 spiro atoms. The van der Waals surface area contributed by atoms with Crippen molar-refractivity contribution in [3.8, 4) is 28.7 Å². The van der Waals surface area contributed by atoms with Gasteiger partial charge < -0.3 is 34.6 Å². The average Bonchev–Trinajstić information content (AvgIpc) is 3.26. The zero-order valence-corrected chi connectivity index (χ0v) is 24.5. The van der Waals surface area contributed by atoms with Crippen LogP contribution in [0.3, 0.4) is 0 Å². The van der Waals surface area contributed by atoms with Crippen LogP contribution in [0, 0.1) is 0 Å². The number of carbonyl (C=O) groups is 1. The van der Waals surface area contributed by atoms with Gasteiger partial charge in [-0.1, -0.05) is 59.7 Å². The molecule has 0 aliphatic carbocycles. The highest BCUT2D eigenvalue weighted by molar-refractivity contribution is 6.05. The highest BCUT2D eigenvalue weighted by Crippen LogP contribution is 2.49. The summed E-state index contributed by atoms with van der Waals surface area (Å²) in [4.78, 5) is 13.0. The van der Waals surface area contributed by atoms with Crippen LogP contribution in [0.2, 0.25) is 0 Å². The predicted octanol–water partition coefficient (Wildman–Crippen LogP) is 5.26. The standard InChI is InChI=1S/C33H38O8/c1-32(2,3)20-11-17(12-21(31(20)39-7)33(4,5)6)26-19-10-16(8-9-23(19)40-25(26)15-34)30-29(38)28(37)27-22(36)13-18(35)14-24(27)41-30/h8-14,25-26,29-30,34-36,38H,15H2,1-7H3. The second-order valence-corrected chi connectivity index (χ2v) is 12.9. The van der Waals surface area contributed by atoms with Crippen LogP contribution in [0.25, 0.3) is 0 Å². The molecule has 2 heterocycles. The van der Waals surface area contributed by atoms with Crippen LogP contribution in [0.1, 0.15) is 91.7 Å². The molecule has 41 heavy (non-hydrogen) atoms. The predicted molar refractivity (Wildman–Crippen MR) is 154 cm³/mol. The Bertz CT molecular complexity index is 1480. The maximum Gasteiger partial charge on any atom is 0.202 e. The Kier molecular flexibility index (Phi) is 6.99. The molecule has 8 heteroatoms. The highest BCUT2D eigenvalue weighted by atomic mass is 16.5. The zero-order chi connectivity index (χ0) is 30.0. The molecule has 5 rings (SSSR count). The van der Waals surface area contributed by atoms with Crippen molar-refractivity contribution in [2.75, 3.05) is 13.7 Å². The number of phenols is 2. The van der Waals surface area contributed by atoms with Gasteiger partial charge in [0.1, 0.15) is 40.4 Å². The molecular formula is C33H38O8. The number of ether oxygens (including phenoxy) is 3. The smallest absolute Gasteiger partial charge is 0.202 e. The summed E-state index contributed by atoms with van der Waals surface area (Å²) in [5, 5.41) is 41.5. The summed E-state index contributed by atoms with van der Waals surface area (Å²) in [6.45, 7) is 12.6. The molecule has 3 aromatic rings. The topological polar surface area (TPSA) is 126 Å². The Morgan fingerprint density at radius 3 is 2.05 bits per heavy atom. The quantitative estimate of drug-likeness (QED) is 0.339. The lowest BCUT2D eigenvalue weighted by Crippen LogP contribution is -2.36. The van der Waals surface area contributed by atoms with E-state index in [9.17, 15) is 25.2 Å². The van der Waals surface area contributed by atoms with Crippen molar-refractivity contribution in [3.63, 3.8) is 0 Å². The highest BCUT2D eigenvalue weighted by Gasteiger charge is 2.42. The summed E-state index contributed by atoms with van der Waals surface area (Å²) in [7, 11) is 1.69. The molecule has 4 atom stereocenters. The first-order valence-corrected chi connectivity index (χ1v) is 13.7. The minimum Gasteiger partial charge on any atom is -0.508 e. The minimum absolute atomic E-state index is 0.0101. The number of Topliss-reactive ketones (excluding diaryl/α,β-unsaturated/α-hetero) is 1. The Labute approximate surface area is 240 Å². The van der Waals surface area contributed by atoms with Crippen LogP contribution in [-0.2, 0) is 10.8 Å². The van der Waals surface area contributed by atoms with E-state index in [-0.39, 0.29) is 40.4 Å². The van der Waals surface area contributed by atoms with Crippen molar-refractivity contribution in [2.45, 2.75) is 76.6 Å². The van der Waals surface area contributed by atoms with Crippen molar-refractivity contribution in [1.82, 2.24) is 0 Å². The number of aliphatic hydroxyl groups excluding tert-OH is 2. The lowest BCUT2D eigenvalue weighted by atomic mass is 9.75. The third kappa shape index (κ3) is 4.89. The summed E-state index contributed by atoms with van der Waals surface area (Å²) in [6.07, 6.45) is -3.21. The number of ketones is 1. The fraction of sp³-hybridized carbons (Fsp3) is 0.424. The van der Waals surface area contributed by atoms with Gasteiger partial charge >= 0.3 is 0 Å². The monoisotopic (exact) mass is 562 g/mol. The molecule has 0 bridgehead atoms. The van der Waals surface area contributed by atoms with Gasteiger partial charge in [-0.3, -0.25) is 4.79 Å². The number of hydrogen-bond acceptors (Lipinski definition) is 8. The first-order valence-electron chi connectivity index (χ1n) is 13.7. The number of phenolic OH excluding ortho intramolecular Hbond substituents is 2. The number of benzene rings is 3. The SMILES string of the molecule is COc1c(C(C)(C)C)cc(C2c3cc(C4Oc5cc(O)cc(O)c5C(=O)C4O)ccc3OC2CO)cc1C(C)(C)C. The molecule has 0 amide bonds. The van der Waals surface area contributed by atoms with Crippen molar-refractivity contribution in [3.05, 3.63) is 75.8 Å². The van der Waals surface area contributed by atoms with E-state index in [4.69, 9.17) is 14.2 Å². The van der Waals surface area contributed by atoms with Crippen molar-refractivity contribution in [2.24, 2.45) is 0 Å². The normalized spacial score (nSPS) is 22.0. The minimum atomic E-state index is -1.58. The maximum absolute atomic E-state index is 13.0. The molecule has 2 aliphatic rings. The van der Waals surface area contributed by atoms with Crippen LogP contribution in [0.4, 0.5) is 0 Å². The average molecular weight is 563 g/mol. The second-order valence-electron chi connectivity index (χ2n) is 12.9. The number of fused-ring (bicyclic) bond motifs is 2. The third-order valence-electron chi connectivity index (χ3n) is 7.94. The molecule has 2 aliphatic heterocycles. The number of carbonyl (C=O) groups excluding carboxylic acids is 1. The second kappa shape index (κ2) is 9.96. The molecule has 0 aromatic heterocycles. The van der Waals surface area contributed by atoms with E-state index in [1.807, 2.05) is 6.07 Å². The number of aromatic hydroxyl groups is 2. The summed E-state index contributed by atoms with van der Waals surface area (Å²) in [5.74, 6) is -0.347. The number of methoxy groups -OCH3 is 1.